The minimum absolute atomic E-state index is 0.0221. The molecule has 3 atom stereocenters. The van der Waals surface area contributed by atoms with E-state index < -0.39 is 11.6 Å². The number of rotatable bonds is 3. The molecule has 0 aliphatic carbocycles. The topological polar surface area (TPSA) is 98.1 Å². The van der Waals surface area contributed by atoms with Crippen molar-refractivity contribution < 1.29 is 18.4 Å². The Morgan fingerprint density at radius 3 is 2.92 bits per heavy atom. The molecule has 38 heavy (non-hydrogen) atoms. The third-order valence-corrected chi connectivity index (χ3v) is 7.79. The first-order chi connectivity index (χ1) is 18.4. The van der Waals surface area contributed by atoms with E-state index in [1.165, 1.54) is 12.3 Å². The molecule has 2 N–H and O–H groups in total. The number of nitrogens with zero attached hydrogens (tertiary/aromatic N) is 6. The molecule has 3 aliphatic heterocycles. The van der Waals surface area contributed by atoms with Gasteiger partial charge in [-0.2, -0.15) is 5.10 Å². The summed E-state index contributed by atoms with van der Waals surface area (Å²) in [6, 6.07) is 4.62. The second-order valence-electron chi connectivity index (χ2n) is 10.0. The van der Waals surface area contributed by atoms with Gasteiger partial charge in [-0.25, -0.2) is 27.9 Å². The number of carbonyl (C=O) groups excluding carboxylic acids is 2. The molecule has 0 saturated carbocycles. The molecule has 3 aromatic rings. The highest BCUT2D eigenvalue weighted by Crippen LogP contribution is 2.37. The molecule has 6 rings (SSSR count). The smallest absolute Gasteiger partial charge is 0.322 e. The number of likely N-dealkylation sites (N-methyl/N-ethyl adjacent to an activating group) is 1. The first kappa shape index (κ1) is 24.3. The largest absolute Gasteiger partial charge is 0.367 e. The van der Waals surface area contributed by atoms with Gasteiger partial charge < -0.3 is 25.3 Å². The standard InChI is InChI=1S/C26H28F2N8O2/c1-33-10-7-29-21-14-34(13-18(21)23(33)15-37)26(38)31-20-12-30-36-9-6-24(32-25(20)36)35-8-2-3-22(35)17-11-16(27)4-5-19(17)28/h4-6,9,11-12,18,21-22,29H,2-3,7-8,10,13-14H2,1H3,(H,31,38)/t18?,21?,22-/m1/s1. The summed E-state index contributed by atoms with van der Waals surface area (Å²) in [6.45, 7) is 2.93. The number of aromatic nitrogens is 3. The highest BCUT2D eigenvalue weighted by atomic mass is 19.1. The quantitative estimate of drug-likeness (QED) is 0.510. The number of carbonyl (C=O) groups is 1. The second kappa shape index (κ2) is 9.70. The molecule has 3 fully saturated rings. The molecule has 2 amide bonds. The first-order valence-electron chi connectivity index (χ1n) is 12.7. The van der Waals surface area contributed by atoms with Crippen molar-refractivity contribution >= 4 is 29.1 Å². The summed E-state index contributed by atoms with van der Waals surface area (Å²) in [5.41, 5.74) is 1.77. The fraction of sp³-hybridized carbons (Fsp3) is 0.423. The maximum Gasteiger partial charge on any atom is 0.322 e. The van der Waals surface area contributed by atoms with Gasteiger partial charge >= 0.3 is 6.03 Å². The van der Waals surface area contributed by atoms with Crippen molar-refractivity contribution in [3.63, 3.8) is 0 Å². The van der Waals surface area contributed by atoms with E-state index in [1.54, 1.807) is 21.7 Å². The van der Waals surface area contributed by atoms with Gasteiger partial charge in [0.05, 0.1) is 12.2 Å². The average molecular weight is 523 g/mol. The second-order valence-corrected chi connectivity index (χ2v) is 10.0. The summed E-state index contributed by atoms with van der Waals surface area (Å²) in [5, 5.41) is 10.7. The Hall–Kier alpha value is -4.02. The zero-order chi connectivity index (χ0) is 26.4. The van der Waals surface area contributed by atoms with Crippen molar-refractivity contribution in [3.05, 3.63) is 59.6 Å². The van der Waals surface area contributed by atoms with Gasteiger partial charge in [0.25, 0.3) is 0 Å². The lowest BCUT2D eigenvalue weighted by Gasteiger charge is -2.26. The number of anilines is 2. The molecule has 198 valence electrons. The number of fused-ring (bicyclic) bond motifs is 2. The zero-order valence-corrected chi connectivity index (χ0v) is 20.9. The molecule has 1 aromatic carbocycles. The van der Waals surface area contributed by atoms with Gasteiger partial charge in [0.1, 0.15) is 34.8 Å². The van der Waals surface area contributed by atoms with Crippen molar-refractivity contribution in [2.45, 2.75) is 24.9 Å². The van der Waals surface area contributed by atoms with E-state index in [4.69, 9.17) is 4.98 Å². The van der Waals surface area contributed by atoms with E-state index in [1.807, 2.05) is 16.8 Å². The van der Waals surface area contributed by atoms with Crippen LogP contribution in [0.5, 0.6) is 0 Å². The summed E-state index contributed by atoms with van der Waals surface area (Å²) in [6.07, 6.45) is 4.76. The minimum atomic E-state index is -0.479. The predicted octanol–water partition coefficient (Wildman–Crippen LogP) is 2.43. The Bertz CT molecular complexity index is 1440. The summed E-state index contributed by atoms with van der Waals surface area (Å²) in [4.78, 5) is 35.1. The maximum absolute atomic E-state index is 14.6. The van der Waals surface area contributed by atoms with E-state index in [0.29, 0.717) is 61.0 Å². The van der Waals surface area contributed by atoms with Crippen molar-refractivity contribution in [1.29, 1.82) is 0 Å². The Kier molecular flexibility index (Phi) is 6.21. The molecule has 3 saturated heterocycles. The Morgan fingerprint density at radius 1 is 1.21 bits per heavy atom. The molecule has 12 heteroatoms. The van der Waals surface area contributed by atoms with Crippen LogP contribution in [0.15, 0.2) is 42.4 Å². The van der Waals surface area contributed by atoms with Crippen LogP contribution >= 0.6 is 0 Å². The first-order valence-corrected chi connectivity index (χ1v) is 12.7. The van der Waals surface area contributed by atoms with Gasteiger partial charge in [-0.1, -0.05) is 0 Å². The number of halogens is 2. The number of nitrogens with one attached hydrogen (secondary N) is 2. The summed E-state index contributed by atoms with van der Waals surface area (Å²) < 4.78 is 30.0. The van der Waals surface area contributed by atoms with Gasteiger partial charge in [0, 0.05) is 63.5 Å². The zero-order valence-electron chi connectivity index (χ0n) is 20.9. The van der Waals surface area contributed by atoms with Crippen molar-refractivity contribution in [3.8, 4) is 0 Å². The number of likely N-dealkylation sites (tertiary alicyclic amines) is 1. The Balaban J connectivity index is 1.23. The summed E-state index contributed by atoms with van der Waals surface area (Å²) in [7, 11) is 1.86. The fourth-order valence-electron chi connectivity index (χ4n) is 5.86. The van der Waals surface area contributed by atoms with Gasteiger partial charge in [0.2, 0.25) is 0 Å². The van der Waals surface area contributed by atoms with E-state index in [2.05, 4.69) is 21.7 Å². The number of urea groups is 1. The van der Waals surface area contributed by atoms with E-state index >= 15 is 0 Å². The molecule has 2 unspecified atom stereocenters. The summed E-state index contributed by atoms with van der Waals surface area (Å²) >= 11 is 0. The predicted molar refractivity (Wildman–Crippen MR) is 136 cm³/mol. The molecule has 3 aliphatic rings. The highest BCUT2D eigenvalue weighted by molar-refractivity contribution is 5.93. The van der Waals surface area contributed by atoms with Crippen LogP contribution < -0.4 is 15.5 Å². The number of amides is 2. The van der Waals surface area contributed by atoms with E-state index in [0.717, 1.165) is 25.1 Å². The maximum atomic E-state index is 14.6. The van der Waals surface area contributed by atoms with Gasteiger partial charge in [-0.05, 0) is 37.1 Å². The molecule has 0 radical (unpaired) electrons. The Labute approximate surface area is 217 Å². The lowest BCUT2D eigenvalue weighted by atomic mass is 10.0. The fourth-order valence-corrected chi connectivity index (χ4v) is 5.86. The molecule has 0 bridgehead atoms. The molecule has 2 aromatic heterocycles. The molecular formula is C26H28F2N8O2. The van der Waals surface area contributed by atoms with Crippen LogP contribution in [0.4, 0.5) is 25.1 Å². The van der Waals surface area contributed by atoms with Crippen LogP contribution in [0.25, 0.3) is 5.65 Å². The van der Waals surface area contributed by atoms with Crippen LogP contribution in [-0.2, 0) is 4.79 Å². The van der Waals surface area contributed by atoms with Crippen LogP contribution in [0, 0.1) is 17.6 Å². The average Bonchev–Trinajstić information content (AvgIpc) is 3.63. The normalized spacial score (nSPS) is 23.5. The molecule has 5 heterocycles. The highest BCUT2D eigenvalue weighted by Gasteiger charge is 2.40. The van der Waals surface area contributed by atoms with Crippen molar-refractivity contribution in [2.75, 3.05) is 50.0 Å². The van der Waals surface area contributed by atoms with Crippen LogP contribution in [-0.4, -0.2) is 82.2 Å². The number of hydrogen-bond acceptors (Lipinski definition) is 7. The Morgan fingerprint density at radius 2 is 2.08 bits per heavy atom. The third kappa shape index (κ3) is 4.25. The molecule has 10 nitrogen and oxygen atoms in total. The van der Waals surface area contributed by atoms with Crippen LogP contribution in [0.3, 0.4) is 0 Å². The lowest BCUT2D eigenvalue weighted by molar-refractivity contribution is 0.219. The summed E-state index contributed by atoms with van der Waals surface area (Å²) in [5.74, 6) is 1.61. The van der Waals surface area contributed by atoms with Crippen molar-refractivity contribution in [2.24, 2.45) is 5.92 Å². The molecular weight excluding hydrogens is 494 g/mol. The number of hydrogen-bond donors (Lipinski definition) is 2. The van der Waals surface area contributed by atoms with Gasteiger partial charge in [0.15, 0.2) is 5.65 Å². The van der Waals surface area contributed by atoms with Crippen LogP contribution in [0.1, 0.15) is 24.4 Å². The SMILES string of the molecule is CN1CCNC2CN(C(=O)Nc3cnn4ccc(N5CCC[C@@H]5c5cc(F)ccc5F)nc34)CC2C1=C=O. The third-order valence-electron chi connectivity index (χ3n) is 7.79. The van der Waals surface area contributed by atoms with Crippen LogP contribution in [0.2, 0.25) is 0 Å². The van der Waals surface area contributed by atoms with E-state index in [9.17, 15) is 18.4 Å². The lowest BCUT2D eigenvalue weighted by Crippen LogP contribution is -2.38. The van der Waals surface area contributed by atoms with Gasteiger partial charge in [-0.3, -0.25) is 0 Å². The van der Waals surface area contributed by atoms with Gasteiger partial charge in [-0.15, -0.1) is 0 Å². The monoisotopic (exact) mass is 522 g/mol. The van der Waals surface area contributed by atoms with Crippen molar-refractivity contribution in [1.82, 2.24) is 29.7 Å². The molecule has 0 spiro atoms. The minimum Gasteiger partial charge on any atom is -0.367 e. The van der Waals surface area contributed by atoms with E-state index in [-0.39, 0.29) is 24.0 Å². The number of benzene rings is 1.